The molecular weight excluding hydrogens is 528 g/mol. The molecule has 3 N–H and O–H groups in total. The van der Waals surface area contributed by atoms with Crippen LogP contribution in [0.1, 0.15) is 46.6 Å². The van der Waals surface area contributed by atoms with Crippen molar-refractivity contribution in [2.45, 2.75) is 57.3 Å². The second-order valence-corrected chi connectivity index (χ2v) is 12.5. The van der Waals surface area contributed by atoms with Crippen molar-refractivity contribution in [2.24, 2.45) is 11.8 Å². The molecule has 5 rings (SSSR count). The highest BCUT2D eigenvalue weighted by molar-refractivity contribution is 7.13. The lowest BCUT2D eigenvalue weighted by Crippen LogP contribution is -2.56. The Morgan fingerprint density at radius 1 is 1.20 bits per heavy atom. The SMILES string of the molecule is COCCN(C)C(=O)[C@H]1CC[C@H](NC(=O)C2=CC3C=C(C)C=CC3N2)[C@H](NC(=O)c2nc3c(s2)CN(C)CC3)C1. The van der Waals surface area contributed by atoms with Crippen LogP contribution < -0.4 is 16.0 Å². The molecule has 216 valence electrons. The van der Waals surface area contributed by atoms with Gasteiger partial charge in [0.1, 0.15) is 0 Å². The number of rotatable bonds is 8. The Hall–Kier alpha value is -3.02. The van der Waals surface area contributed by atoms with Gasteiger partial charge in [-0.25, -0.2) is 4.98 Å². The number of nitrogens with zero attached hydrogens (tertiary/aromatic N) is 3. The summed E-state index contributed by atoms with van der Waals surface area (Å²) >= 11 is 1.43. The predicted octanol–water partition coefficient (Wildman–Crippen LogP) is 1.61. The molecule has 1 saturated carbocycles. The number of hydrogen-bond acceptors (Lipinski definition) is 8. The maximum absolute atomic E-state index is 13.4. The molecule has 0 aromatic carbocycles. The number of carbonyl (C=O) groups excluding carboxylic acids is 3. The molecule has 0 saturated heterocycles. The van der Waals surface area contributed by atoms with Gasteiger partial charge < -0.3 is 30.5 Å². The zero-order valence-electron chi connectivity index (χ0n) is 23.7. The standard InChI is InChI=1S/C29H40N6O4S/c1-17-5-7-20-19(13-17)15-24(30-20)26(36)31-21-8-6-18(29(38)35(3)11-12-39-4)14-23(21)32-27(37)28-33-22-9-10-34(2)16-25(22)40-28/h5,7,13,15,18-21,23,30H,6,8-12,14,16H2,1-4H3,(H,31,36)(H,32,37)/t18-,19?,20?,21-,23+/m0/s1. The Balaban J connectivity index is 1.29. The number of fused-ring (bicyclic) bond motifs is 2. The van der Waals surface area contributed by atoms with E-state index < -0.39 is 6.04 Å². The van der Waals surface area contributed by atoms with Crippen LogP contribution in [0.2, 0.25) is 0 Å². The van der Waals surface area contributed by atoms with Crippen LogP contribution in [-0.2, 0) is 27.3 Å². The lowest BCUT2D eigenvalue weighted by Gasteiger charge is -2.37. The number of carbonyl (C=O) groups is 3. The zero-order valence-corrected chi connectivity index (χ0v) is 24.6. The third kappa shape index (κ3) is 6.31. The minimum Gasteiger partial charge on any atom is -0.383 e. The monoisotopic (exact) mass is 568 g/mol. The zero-order chi connectivity index (χ0) is 28.4. The summed E-state index contributed by atoms with van der Waals surface area (Å²) in [5.74, 6) is -0.502. The Kier molecular flexibility index (Phi) is 8.72. The average Bonchev–Trinajstić information content (AvgIpc) is 3.56. The average molecular weight is 569 g/mol. The van der Waals surface area contributed by atoms with E-state index in [1.165, 1.54) is 16.9 Å². The molecule has 0 bridgehead atoms. The van der Waals surface area contributed by atoms with Gasteiger partial charge in [-0.1, -0.05) is 23.8 Å². The Morgan fingerprint density at radius 3 is 2.80 bits per heavy atom. The fourth-order valence-corrected chi connectivity index (χ4v) is 7.07. The summed E-state index contributed by atoms with van der Waals surface area (Å²) in [4.78, 5) is 49.6. The number of hydrogen-bond donors (Lipinski definition) is 3. The fourth-order valence-electron chi connectivity index (χ4n) is 5.98. The quantitative estimate of drug-likeness (QED) is 0.436. The van der Waals surface area contributed by atoms with Crippen LogP contribution in [0, 0.1) is 11.8 Å². The summed E-state index contributed by atoms with van der Waals surface area (Å²) in [5, 5.41) is 10.1. The topological polar surface area (TPSA) is 116 Å². The van der Waals surface area contributed by atoms with E-state index >= 15 is 0 Å². The molecule has 1 aromatic rings. The maximum Gasteiger partial charge on any atom is 0.280 e. The van der Waals surface area contributed by atoms with Gasteiger partial charge in [-0.15, -0.1) is 11.3 Å². The van der Waals surface area contributed by atoms with Crippen LogP contribution in [0.25, 0.3) is 0 Å². The molecule has 3 heterocycles. The lowest BCUT2D eigenvalue weighted by molar-refractivity contribution is -0.136. The molecule has 40 heavy (non-hydrogen) atoms. The van der Waals surface area contributed by atoms with Crippen LogP contribution in [0.15, 0.2) is 35.6 Å². The van der Waals surface area contributed by atoms with Crippen molar-refractivity contribution in [1.82, 2.24) is 30.7 Å². The lowest BCUT2D eigenvalue weighted by atomic mass is 9.81. The molecule has 1 fully saturated rings. The first-order valence-corrected chi connectivity index (χ1v) is 14.9. The van der Waals surface area contributed by atoms with Gasteiger partial charge in [-0.3, -0.25) is 14.4 Å². The second-order valence-electron chi connectivity index (χ2n) is 11.4. The van der Waals surface area contributed by atoms with Crippen molar-refractivity contribution in [1.29, 1.82) is 0 Å². The van der Waals surface area contributed by atoms with E-state index in [0.717, 1.165) is 30.1 Å². The molecule has 2 aliphatic carbocycles. The highest BCUT2D eigenvalue weighted by atomic mass is 32.1. The number of likely N-dealkylation sites (N-methyl/N-ethyl adjacent to an activating group) is 2. The van der Waals surface area contributed by atoms with Gasteiger partial charge in [0.15, 0.2) is 5.01 Å². The second kappa shape index (κ2) is 12.2. The third-order valence-electron chi connectivity index (χ3n) is 8.32. The van der Waals surface area contributed by atoms with E-state index in [2.05, 4.69) is 58.0 Å². The smallest absolute Gasteiger partial charge is 0.280 e. The summed E-state index contributed by atoms with van der Waals surface area (Å²) in [5.41, 5.74) is 2.72. The summed E-state index contributed by atoms with van der Waals surface area (Å²) in [6.07, 6.45) is 10.8. The first-order chi connectivity index (χ1) is 19.2. The van der Waals surface area contributed by atoms with Gasteiger partial charge in [0.05, 0.1) is 30.1 Å². The van der Waals surface area contributed by atoms with Gasteiger partial charge in [-0.2, -0.15) is 0 Å². The summed E-state index contributed by atoms with van der Waals surface area (Å²) in [6.45, 7) is 4.74. The highest BCUT2D eigenvalue weighted by Crippen LogP contribution is 2.30. The van der Waals surface area contributed by atoms with Crippen molar-refractivity contribution in [3.63, 3.8) is 0 Å². The van der Waals surface area contributed by atoms with E-state index in [4.69, 9.17) is 4.74 Å². The number of ether oxygens (including phenoxy) is 1. The van der Waals surface area contributed by atoms with Crippen molar-refractivity contribution >= 4 is 29.1 Å². The van der Waals surface area contributed by atoms with E-state index in [1.54, 1.807) is 19.1 Å². The van der Waals surface area contributed by atoms with Crippen LogP contribution >= 0.6 is 11.3 Å². The summed E-state index contributed by atoms with van der Waals surface area (Å²) in [6, 6.07) is -0.625. The Morgan fingerprint density at radius 2 is 2.00 bits per heavy atom. The molecular formula is C29H40N6O4S. The summed E-state index contributed by atoms with van der Waals surface area (Å²) in [7, 11) is 5.46. The van der Waals surface area contributed by atoms with E-state index in [-0.39, 0.29) is 41.6 Å². The van der Waals surface area contributed by atoms with Crippen molar-refractivity contribution in [3.05, 3.63) is 51.2 Å². The molecule has 2 unspecified atom stereocenters. The van der Waals surface area contributed by atoms with Crippen LogP contribution in [0.3, 0.4) is 0 Å². The predicted molar refractivity (Wildman–Crippen MR) is 154 cm³/mol. The van der Waals surface area contributed by atoms with Crippen molar-refractivity contribution in [3.8, 4) is 0 Å². The van der Waals surface area contributed by atoms with Gasteiger partial charge >= 0.3 is 0 Å². The number of methoxy groups -OCH3 is 1. The number of aromatic nitrogens is 1. The fraction of sp³-hybridized carbons (Fsp3) is 0.586. The molecule has 1 aromatic heterocycles. The number of thiazole rings is 1. The summed E-state index contributed by atoms with van der Waals surface area (Å²) < 4.78 is 5.14. The largest absolute Gasteiger partial charge is 0.383 e. The van der Waals surface area contributed by atoms with Crippen LogP contribution in [0.4, 0.5) is 0 Å². The van der Waals surface area contributed by atoms with Crippen LogP contribution in [0.5, 0.6) is 0 Å². The third-order valence-corrected chi connectivity index (χ3v) is 9.40. The van der Waals surface area contributed by atoms with Gasteiger partial charge in [0.2, 0.25) is 5.91 Å². The Bertz CT molecular complexity index is 1240. The molecule has 0 radical (unpaired) electrons. The van der Waals surface area contributed by atoms with Crippen molar-refractivity contribution in [2.75, 3.05) is 40.9 Å². The Labute approximate surface area is 239 Å². The first-order valence-electron chi connectivity index (χ1n) is 14.1. The molecule has 0 spiro atoms. The molecule has 3 amide bonds. The van der Waals surface area contributed by atoms with Crippen LogP contribution in [-0.4, -0.2) is 91.5 Å². The van der Waals surface area contributed by atoms with Crippen molar-refractivity contribution < 1.29 is 19.1 Å². The van der Waals surface area contributed by atoms with E-state index in [1.807, 2.05) is 6.08 Å². The minimum atomic E-state index is -0.398. The normalized spacial score (nSPS) is 27.6. The number of nitrogens with one attached hydrogen (secondary N) is 3. The van der Waals surface area contributed by atoms with Gasteiger partial charge in [0.25, 0.3) is 11.8 Å². The maximum atomic E-state index is 13.4. The number of allylic oxidation sites excluding steroid dienone is 2. The van der Waals surface area contributed by atoms with Gasteiger partial charge in [-0.05, 0) is 39.3 Å². The molecule has 5 atom stereocenters. The van der Waals surface area contributed by atoms with Gasteiger partial charge in [0, 0.05) is 63.0 Å². The molecule has 10 nitrogen and oxygen atoms in total. The van der Waals surface area contributed by atoms with E-state index in [0.29, 0.717) is 43.1 Å². The minimum absolute atomic E-state index is 0.0343. The van der Waals surface area contributed by atoms with E-state index in [9.17, 15) is 14.4 Å². The molecule has 11 heteroatoms. The number of amides is 3. The first kappa shape index (κ1) is 28.5. The highest BCUT2D eigenvalue weighted by Gasteiger charge is 2.38. The molecule has 2 aliphatic heterocycles. The molecule has 4 aliphatic rings.